The zero-order valence-corrected chi connectivity index (χ0v) is 12.1. The Labute approximate surface area is 124 Å². The van der Waals surface area contributed by atoms with Crippen LogP contribution in [-0.4, -0.2) is 10.9 Å². The van der Waals surface area contributed by atoms with Crippen molar-refractivity contribution in [1.82, 2.24) is 4.98 Å². The van der Waals surface area contributed by atoms with Gasteiger partial charge in [-0.25, -0.2) is 4.98 Å². The number of aryl methyl sites for hydroxylation is 2. The smallest absolute Gasteiger partial charge is 0.228 e. The number of hydrogen-bond acceptors (Lipinski definition) is 3. The number of aromatic nitrogens is 1. The molecule has 1 atom stereocenters. The normalized spacial score (nSPS) is 17.1. The number of fused-ring (bicyclic) bond motifs is 1. The number of nitrogen functional groups attached to an aromatic ring is 1. The van der Waals surface area contributed by atoms with Crippen molar-refractivity contribution in [2.75, 3.05) is 11.1 Å². The minimum absolute atomic E-state index is 0.0126. The Morgan fingerprint density at radius 2 is 2.10 bits per heavy atom. The number of amides is 1. The van der Waals surface area contributed by atoms with E-state index in [1.807, 2.05) is 19.1 Å². The van der Waals surface area contributed by atoms with E-state index < -0.39 is 0 Å². The molecule has 3 N–H and O–H groups in total. The quantitative estimate of drug-likeness (QED) is 0.889. The van der Waals surface area contributed by atoms with Crippen LogP contribution in [0.25, 0.3) is 0 Å². The second kappa shape index (κ2) is 5.56. The molecular formula is C17H19N3O. The van der Waals surface area contributed by atoms with E-state index in [1.165, 1.54) is 11.1 Å². The van der Waals surface area contributed by atoms with Crippen LogP contribution in [0.4, 0.5) is 11.5 Å². The van der Waals surface area contributed by atoms with E-state index in [9.17, 15) is 4.79 Å². The predicted molar refractivity (Wildman–Crippen MR) is 84.0 cm³/mol. The number of nitrogens with zero attached hydrogens (tertiary/aromatic N) is 1. The Balaban J connectivity index is 1.72. The van der Waals surface area contributed by atoms with Gasteiger partial charge in [-0.2, -0.15) is 0 Å². The highest BCUT2D eigenvalue weighted by Crippen LogP contribution is 2.26. The number of carbonyl (C=O) groups is 1. The Bertz CT molecular complexity index is 681. The molecule has 4 nitrogen and oxygen atoms in total. The SMILES string of the molecule is Cc1cc(N)cnc1NC(=O)C1CCc2ccccc2C1. The number of benzene rings is 1. The Kier molecular flexibility index (Phi) is 3.60. The van der Waals surface area contributed by atoms with Gasteiger partial charge in [0.05, 0.1) is 11.9 Å². The van der Waals surface area contributed by atoms with Crippen molar-refractivity contribution in [3.63, 3.8) is 0 Å². The van der Waals surface area contributed by atoms with Crippen molar-refractivity contribution in [3.8, 4) is 0 Å². The standard InChI is InChI=1S/C17H19N3O/c1-11-8-15(18)10-19-16(11)20-17(21)14-7-6-12-4-2-3-5-13(12)9-14/h2-5,8,10,14H,6-7,9,18H2,1H3,(H,19,20,21). The summed E-state index contributed by atoms with van der Waals surface area (Å²) in [7, 11) is 0. The van der Waals surface area contributed by atoms with Gasteiger partial charge in [0.25, 0.3) is 0 Å². The molecule has 1 aliphatic rings. The first-order valence-electron chi connectivity index (χ1n) is 7.23. The van der Waals surface area contributed by atoms with Crippen LogP contribution in [0.5, 0.6) is 0 Å². The van der Waals surface area contributed by atoms with E-state index in [1.54, 1.807) is 6.20 Å². The molecule has 0 radical (unpaired) electrons. The van der Waals surface area contributed by atoms with Crippen LogP contribution < -0.4 is 11.1 Å². The fraction of sp³-hybridized carbons (Fsp3) is 0.294. The average Bonchev–Trinajstić information content (AvgIpc) is 2.49. The van der Waals surface area contributed by atoms with Gasteiger partial charge in [-0.15, -0.1) is 0 Å². The van der Waals surface area contributed by atoms with Gasteiger partial charge in [-0.05, 0) is 48.9 Å². The molecule has 2 aromatic rings. The van der Waals surface area contributed by atoms with Gasteiger partial charge in [0.2, 0.25) is 5.91 Å². The molecule has 1 heterocycles. The molecule has 108 valence electrons. The Morgan fingerprint density at radius 1 is 1.33 bits per heavy atom. The lowest BCUT2D eigenvalue weighted by Crippen LogP contribution is -2.28. The number of carbonyl (C=O) groups excluding carboxylic acids is 1. The van der Waals surface area contributed by atoms with E-state index in [0.29, 0.717) is 11.5 Å². The maximum absolute atomic E-state index is 12.4. The third-order valence-electron chi connectivity index (χ3n) is 4.06. The zero-order valence-electron chi connectivity index (χ0n) is 12.1. The first kappa shape index (κ1) is 13.6. The highest BCUT2D eigenvalue weighted by Gasteiger charge is 2.24. The lowest BCUT2D eigenvalue weighted by atomic mass is 9.83. The maximum atomic E-state index is 12.4. The monoisotopic (exact) mass is 281 g/mol. The number of pyridine rings is 1. The second-order valence-electron chi connectivity index (χ2n) is 5.63. The fourth-order valence-corrected chi connectivity index (χ4v) is 2.87. The summed E-state index contributed by atoms with van der Waals surface area (Å²) in [6, 6.07) is 10.2. The topological polar surface area (TPSA) is 68.0 Å². The largest absolute Gasteiger partial charge is 0.397 e. The van der Waals surface area contributed by atoms with Crippen molar-refractivity contribution in [2.24, 2.45) is 5.92 Å². The maximum Gasteiger partial charge on any atom is 0.228 e. The number of nitrogens with one attached hydrogen (secondary N) is 1. The van der Waals surface area contributed by atoms with Crippen LogP contribution in [0.1, 0.15) is 23.1 Å². The van der Waals surface area contributed by atoms with Crippen molar-refractivity contribution >= 4 is 17.4 Å². The fourth-order valence-electron chi connectivity index (χ4n) is 2.87. The first-order valence-corrected chi connectivity index (χ1v) is 7.23. The van der Waals surface area contributed by atoms with E-state index in [2.05, 4.69) is 28.5 Å². The summed E-state index contributed by atoms with van der Waals surface area (Å²) in [6.45, 7) is 1.90. The van der Waals surface area contributed by atoms with E-state index >= 15 is 0 Å². The molecule has 4 heteroatoms. The minimum atomic E-state index is 0.0126. The molecule has 1 unspecified atom stereocenters. The number of nitrogens with two attached hydrogens (primary N) is 1. The molecule has 0 aliphatic heterocycles. The summed E-state index contributed by atoms with van der Waals surface area (Å²) in [5.74, 6) is 0.664. The summed E-state index contributed by atoms with van der Waals surface area (Å²) in [4.78, 5) is 16.6. The van der Waals surface area contributed by atoms with Gasteiger partial charge in [0.15, 0.2) is 0 Å². The molecule has 0 saturated heterocycles. The van der Waals surface area contributed by atoms with Crippen molar-refractivity contribution in [2.45, 2.75) is 26.2 Å². The van der Waals surface area contributed by atoms with Gasteiger partial charge < -0.3 is 11.1 Å². The molecular weight excluding hydrogens is 262 g/mol. The predicted octanol–water partition coefficient (Wildman–Crippen LogP) is 2.72. The van der Waals surface area contributed by atoms with Gasteiger partial charge in [0.1, 0.15) is 5.82 Å². The van der Waals surface area contributed by atoms with Crippen molar-refractivity contribution in [3.05, 3.63) is 53.2 Å². The Morgan fingerprint density at radius 3 is 2.86 bits per heavy atom. The van der Waals surface area contributed by atoms with Gasteiger partial charge in [-0.1, -0.05) is 24.3 Å². The summed E-state index contributed by atoms with van der Waals surface area (Å²) in [6.07, 6.45) is 4.22. The number of hydrogen-bond donors (Lipinski definition) is 2. The molecule has 0 bridgehead atoms. The summed E-state index contributed by atoms with van der Waals surface area (Å²) < 4.78 is 0. The second-order valence-corrected chi connectivity index (χ2v) is 5.63. The molecule has 0 saturated carbocycles. The van der Waals surface area contributed by atoms with Crippen molar-refractivity contribution < 1.29 is 4.79 Å². The lowest BCUT2D eigenvalue weighted by molar-refractivity contribution is -0.120. The molecule has 1 aromatic carbocycles. The van der Waals surface area contributed by atoms with Crippen LogP contribution in [0.2, 0.25) is 0 Å². The van der Waals surface area contributed by atoms with Gasteiger partial charge in [-0.3, -0.25) is 4.79 Å². The van der Waals surface area contributed by atoms with Crippen LogP contribution in [0.3, 0.4) is 0 Å². The molecule has 1 aromatic heterocycles. The highest BCUT2D eigenvalue weighted by molar-refractivity contribution is 5.92. The Hall–Kier alpha value is -2.36. The molecule has 21 heavy (non-hydrogen) atoms. The number of rotatable bonds is 2. The minimum Gasteiger partial charge on any atom is -0.397 e. The zero-order chi connectivity index (χ0) is 14.8. The third kappa shape index (κ3) is 2.89. The van der Waals surface area contributed by atoms with Crippen molar-refractivity contribution in [1.29, 1.82) is 0 Å². The van der Waals surface area contributed by atoms with E-state index in [-0.39, 0.29) is 11.8 Å². The van der Waals surface area contributed by atoms with Crippen LogP contribution >= 0.6 is 0 Å². The lowest BCUT2D eigenvalue weighted by Gasteiger charge is -2.23. The number of anilines is 2. The van der Waals surface area contributed by atoms with Crippen LogP contribution in [0.15, 0.2) is 36.5 Å². The molecule has 0 spiro atoms. The van der Waals surface area contributed by atoms with Gasteiger partial charge in [0, 0.05) is 5.92 Å². The molecule has 1 amide bonds. The molecule has 3 rings (SSSR count). The van der Waals surface area contributed by atoms with E-state index in [4.69, 9.17) is 5.73 Å². The summed E-state index contributed by atoms with van der Waals surface area (Å²) in [5.41, 5.74) is 9.82. The average molecular weight is 281 g/mol. The van der Waals surface area contributed by atoms with Crippen LogP contribution in [-0.2, 0) is 17.6 Å². The molecule has 0 fully saturated rings. The van der Waals surface area contributed by atoms with Crippen LogP contribution in [0, 0.1) is 12.8 Å². The van der Waals surface area contributed by atoms with E-state index in [0.717, 1.165) is 24.8 Å². The first-order chi connectivity index (χ1) is 10.1. The highest BCUT2D eigenvalue weighted by atomic mass is 16.1. The summed E-state index contributed by atoms with van der Waals surface area (Å²) in [5, 5.41) is 2.93. The molecule has 1 aliphatic carbocycles. The third-order valence-corrected chi connectivity index (χ3v) is 4.06. The summed E-state index contributed by atoms with van der Waals surface area (Å²) >= 11 is 0. The van der Waals surface area contributed by atoms with Gasteiger partial charge >= 0.3 is 0 Å².